The zero-order valence-corrected chi connectivity index (χ0v) is 19.9. The van der Waals surface area contributed by atoms with Gasteiger partial charge in [-0.15, -0.1) is 0 Å². The summed E-state index contributed by atoms with van der Waals surface area (Å²) in [6.07, 6.45) is 0. The number of rotatable bonds is 6. The van der Waals surface area contributed by atoms with E-state index in [0.29, 0.717) is 8.95 Å². The molecule has 0 unspecified atom stereocenters. The van der Waals surface area contributed by atoms with E-state index in [1.54, 1.807) is 0 Å². The third kappa shape index (κ3) is 5.58. The Kier molecular flexibility index (Phi) is 7.27. The highest BCUT2D eigenvalue weighted by molar-refractivity contribution is 9.11. The van der Waals surface area contributed by atoms with Gasteiger partial charge in [-0.2, -0.15) is 16.8 Å². The topological polar surface area (TPSA) is 86.7 Å². The molecule has 25 heavy (non-hydrogen) atoms. The molecule has 0 saturated carbocycles. The largest absolute Gasteiger partial charge is 0.300 e. The minimum absolute atomic E-state index is 0.151. The van der Waals surface area contributed by atoms with Gasteiger partial charge in [-0.05, 0) is 68.3 Å². The molecule has 0 spiro atoms. The maximum Gasteiger partial charge on any atom is 0.300 e. The lowest BCUT2D eigenvalue weighted by molar-refractivity contribution is 0.132. The minimum atomic E-state index is -4.21. The number of benzene rings is 2. The minimum Gasteiger partial charge on any atom is -0.236 e. The monoisotopic (exact) mass is 640 g/mol. The highest BCUT2D eigenvalue weighted by atomic mass is 79.9. The lowest BCUT2D eigenvalue weighted by atomic mass is 10.4. The van der Waals surface area contributed by atoms with Gasteiger partial charge in [0, 0.05) is 17.9 Å². The van der Waals surface area contributed by atoms with E-state index in [1.807, 2.05) is 0 Å². The summed E-state index contributed by atoms with van der Waals surface area (Å²) in [5, 5.41) is 0. The first kappa shape index (κ1) is 21.5. The summed E-state index contributed by atoms with van der Waals surface area (Å²) in [6.45, 7) is -0.990. The Bertz CT molecular complexity index is 924. The molecule has 0 aliphatic heterocycles. The summed E-state index contributed by atoms with van der Waals surface area (Å²) in [4.78, 5) is -0.303. The molecule has 0 atom stereocenters. The SMILES string of the molecule is O=S(=O)(OCOS(=O)(=O)c1ccc(Br)cc1Br)c1ccc(Br)cc1Br. The second-order valence-electron chi connectivity index (χ2n) is 4.41. The number of hydrogen-bond donors (Lipinski definition) is 0. The highest BCUT2D eigenvalue weighted by Gasteiger charge is 2.23. The van der Waals surface area contributed by atoms with Gasteiger partial charge in [0.15, 0.2) is 6.79 Å². The smallest absolute Gasteiger partial charge is 0.236 e. The van der Waals surface area contributed by atoms with Gasteiger partial charge < -0.3 is 0 Å². The van der Waals surface area contributed by atoms with Crippen LogP contribution in [0.1, 0.15) is 0 Å². The summed E-state index contributed by atoms with van der Waals surface area (Å²) >= 11 is 12.6. The normalized spacial score (nSPS) is 12.3. The molecule has 2 aromatic rings. The van der Waals surface area contributed by atoms with Crippen molar-refractivity contribution in [1.29, 1.82) is 0 Å². The first-order valence-corrected chi connectivity index (χ1v) is 12.2. The van der Waals surface area contributed by atoms with Gasteiger partial charge in [0.25, 0.3) is 20.2 Å². The average molecular weight is 644 g/mol. The zero-order chi connectivity index (χ0) is 18.8. The molecule has 0 aromatic heterocycles. The van der Waals surface area contributed by atoms with Crippen molar-refractivity contribution in [2.45, 2.75) is 9.79 Å². The molecule has 0 radical (unpaired) electrons. The fourth-order valence-electron chi connectivity index (χ4n) is 1.63. The third-order valence-electron chi connectivity index (χ3n) is 2.73. The average Bonchev–Trinajstić information content (AvgIpc) is 2.45. The second-order valence-corrected chi connectivity index (χ2v) is 11.1. The molecular weight excluding hydrogens is 636 g/mol. The molecule has 2 aromatic carbocycles. The van der Waals surface area contributed by atoms with Crippen LogP contribution in [0.5, 0.6) is 0 Å². The zero-order valence-electron chi connectivity index (χ0n) is 11.9. The van der Waals surface area contributed by atoms with Crippen molar-refractivity contribution < 1.29 is 25.2 Å². The van der Waals surface area contributed by atoms with E-state index < -0.39 is 27.0 Å². The molecule has 0 aliphatic rings. The van der Waals surface area contributed by atoms with Crippen LogP contribution in [0.15, 0.2) is 64.1 Å². The van der Waals surface area contributed by atoms with Crippen molar-refractivity contribution in [2.24, 2.45) is 0 Å². The van der Waals surface area contributed by atoms with Crippen LogP contribution < -0.4 is 0 Å². The van der Waals surface area contributed by atoms with Gasteiger partial charge in [0.05, 0.1) is 0 Å². The van der Waals surface area contributed by atoms with Gasteiger partial charge >= 0.3 is 0 Å². The Balaban J connectivity index is 2.13. The molecular formula is C13H8Br4O6S2. The molecule has 0 N–H and O–H groups in total. The number of halogens is 4. The fraction of sp³-hybridized carbons (Fsp3) is 0.0769. The first-order chi connectivity index (χ1) is 11.5. The standard InChI is InChI=1S/C13H8Br4O6S2/c14-8-1-3-12(10(16)5-8)24(18,19)22-7-23-25(20,21)13-4-2-9(15)6-11(13)17/h1-6H,7H2. The van der Waals surface area contributed by atoms with E-state index >= 15 is 0 Å². The molecule has 0 saturated heterocycles. The summed E-state index contributed by atoms with van der Waals surface area (Å²) < 4.78 is 59.7. The highest BCUT2D eigenvalue weighted by Crippen LogP contribution is 2.29. The predicted molar refractivity (Wildman–Crippen MR) is 105 cm³/mol. The van der Waals surface area contributed by atoms with Gasteiger partial charge in [-0.1, -0.05) is 31.9 Å². The summed E-state index contributed by atoms with van der Waals surface area (Å²) in [7, 11) is -8.41. The molecule has 0 heterocycles. The van der Waals surface area contributed by atoms with E-state index in [2.05, 4.69) is 72.1 Å². The van der Waals surface area contributed by atoms with Crippen molar-refractivity contribution in [3.05, 3.63) is 54.3 Å². The summed E-state index contributed by atoms with van der Waals surface area (Å²) in [5.74, 6) is 0. The molecule has 6 nitrogen and oxygen atoms in total. The van der Waals surface area contributed by atoms with E-state index in [0.717, 1.165) is 0 Å². The Morgan fingerprint density at radius 1 is 0.680 bits per heavy atom. The maximum absolute atomic E-state index is 12.1. The van der Waals surface area contributed by atoms with Crippen LogP contribution in [0.4, 0.5) is 0 Å². The summed E-state index contributed by atoms with van der Waals surface area (Å²) in [6, 6.07) is 8.68. The van der Waals surface area contributed by atoms with Crippen LogP contribution in [-0.4, -0.2) is 23.6 Å². The van der Waals surface area contributed by atoms with Gasteiger partial charge in [-0.25, -0.2) is 8.37 Å². The van der Waals surface area contributed by atoms with Crippen molar-refractivity contribution in [2.75, 3.05) is 6.79 Å². The number of hydrogen-bond acceptors (Lipinski definition) is 6. The fourth-order valence-corrected chi connectivity index (χ4v) is 6.64. The Morgan fingerprint density at radius 3 is 1.36 bits per heavy atom. The van der Waals surface area contributed by atoms with Gasteiger partial charge in [-0.3, -0.25) is 0 Å². The van der Waals surface area contributed by atoms with Crippen molar-refractivity contribution >= 4 is 84.0 Å². The van der Waals surface area contributed by atoms with Crippen molar-refractivity contribution in [3.8, 4) is 0 Å². The third-order valence-corrected chi connectivity index (χ3v) is 8.16. The lowest BCUT2D eigenvalue weighted by Gasteiger charge is -2.10. The van der Waals surface area contributed by atoms with Gasteiger partial charge in [0.1, 0.15) is 9.79 Å². The van der Waals surface area contributed by atoms with Crippen LogP contribution in [-0.2, 0) is 28.6 Å². The summed E-state index contributed by atoms with van der Waals surface area (Å²) in [5.41, 5.74) is 0. The van der Waals surface area contributed by atoms with Crippen LogP contribution in [0.2, 0.25) is 0 Å². The van der Waals surface area contributed by atoms with Crippen molar-refractivity contribution in [1.82, 2.24) is 0 Å². The first-order valence-electron chi connectivity index (χ1n) is 6.22. The van der Waals surface area contributed by atoms with Crippen LogP contribution in [0.3, 0.4) is 0 Å². The molecule has 0 amide bonds. The lowest BCUT2D eigenvalue weighted by Crippen LogP contribution is -2.14. The Morgan fingerprint density at radius 2 is 1.04 bits per heavy atom. The van der Waals surface area contributed by atoms with E-state index in [9.17, 15) is 16.8 Å². The van der Waals surface area contributed by atoms with Crippen LogP contribution >= 0.6 is 63.7 Å². The molecule has 2 rings (SSSR count). The molecule has 0 fully saturated rings. The molecule has 0 aliphatic carbocycles. The molecule has 136 valence electrons. The van der Waals surface area contributed by atoms with Crippen LogP contribution in [0, 0.1) is 0 Å². The van der Waals surface area contributed by atoms with Gasteiger partial charge in [0.2, 0.25) is 0 Å². The second kappa shape index (κ2) is 8.46. The van der Waals surface area contributed by atoms with E-state index in [-0.39, 0.29) is 18.7 Å². The quantitative estimate of drug-likeness (QED) is 0.332. The Labute approximate surface area is 178 Å². The van der Waals surface area contributed by atoms with Crippen molar-refractivity contribution in [3.63, 3.8) is 0 Å². The molecule has 0 bridgehead atoms. The van der Waals surface area contributed by atoms with E-state index in [1.165, 1.54) is 36.4 Å². The maximum atomic E-state index is 12.1. The van der Waals surface area contributed by atoms with Crippen LogP contribution in [0.25, 0.3) is 0 Å². The molecule has 12 heteroatoms. The predicted octanol–water partition coefficient (Wildman–Crippen LogP) is 4.80. The Hall–Kier alpha value is 0.180. The van der Waals surface area contributed by atoms with E-state index in [4.69, 9.17) is 0 Å².